The fourth-order valence-electron chi connectivity index (χ4n) is 3.49. The predicted molar refractivity (Wildman–Crippen MR) is 132 cm³/mol. The van der Waals surface area contributed by atoms with E-state index in [0.29, 0.717) is 11.1 Å². The van der Waals surface area contributed by atoms with Crippen LogP contribution in [0.3, 0.4) is 0 Å². The third kappa shape index (κ3) is 5.98. The summed E-state index contributed by atoms with van der Waals surface area (Å²) in [6, 6.07) is 13.4. The van der Waals surface area contributed by atoms with Gasteiger partial charge in [-0.25, -0.2) is 39.5 Å². The zero-order valence-electron chi connectivity index (χ0n) is 19.6. The Morgan fingerprint density at radius 1 is 0.308 bits per heavy atom. The van der Waals surface area contributed by atoms with Crippen LogP contribution in [0, 0.1) is 52.4 Å². The summed E-state index contributed by atoms with van der Waals surface area (Å²) in [4.78, 5) is 0. The second-order valence-corrected chi connectivity index (χ2v) is 8.20. The van der Waals surface area contributed by atoms with Gasteiger partial charge in [-0.3, -0.25) is 0 Å². The highest BCUT2D eigenvalue weighted by molar-refractivity contribution is 5.75. The van der Waals surface area contributed by atoms with Crippen LogP contribution in [-0.4, -0.2) is 0 Å². The lowest BCUT2D eigenvalue weighted by Crippen LogP contribution is -2.03. The third-order valence-corrected chi connectivity index (χ3v) is 5.62. The molecule has 0 radical (unpaired) electrons. The summed E-state index contributed by atoms with van der Waals surface area (Å²) in [6.45, 7) is 0. The highest BCUT2D eigenvalue weighted by Gasteiger charge is 2.24. The molecule has 0 bridgehead atoms. The van der Waals surface area contributed by atoms with E-state index in [9.17, 15) is 39.5 Å². The SMILES string of the molecule is Fc1cc(F)c(/C=C/c2ccc(/C=C/c3ccc(/C=C/c4c(F)c(F)c(F)c(F)c4F)cc3)cc2)c(F)c1F. The van der Waals surface area contributed by atoms with Crippen LogP contribution >= 0.6 is 0 Å². The molecule has 4 aromatic rings. The minimum Gasteiger partial charge on any atom is -0.206 e. The Labute approximate surface area is 216 Å². The fraction of sp³-hybridized carbons (Fsp3) is 0. The molecule has 0 nitrogen and oxygen atoms in total. The Hall–Kier alpha value is -4.53. The van der Waals surface area contributed by atoms with E-state index in [-0.39, 0.29) is 6.07 Å². The number of hydrogen-bond donors (Lipinski definition) is 0. The molecule has 0 amide bonds. The normalized spacial score (nSPS) is 11.9. The van der Waals surface area contributed by atoms with Gasteiger partial charge in [-0.1, -0.05) is 72.8 Å². The van der Waals surface area contributed by atoms with Crippen molar-refractivity contribution in [2.45, 2.75) is 0 Å². The highest BCUT2D eigenvalue weighted by Crippen LogP contribution is 2.25. The Balaban J connectivity index is 1.43. The average molecular weight is 546 g/mol. The van der Waals surface area contributed by atoms with Gasteiger partial charge in [0.25, 0.3) is 0 Å². The first-order chi connectivity index (χ1) is 18.6. The molecule has 0 saturated heterocycles. The Morgan fingerprint density at radius 3 is 1.03 bits per heavy atom. The quantitative estimate of drug-likeness (QED) is 0.0978. The molecule has 9 heteroatoms. The van der Waals surface area contributed by atoms with E-state index in [1.54, 1.807) is 60.7 Å². The molecule has 4 rings (SSSR count). The van der Waals surface area contributed by atoms with Gasteiger partial charge in [-0.2, -0.15) is 0 Å². The smallest absolute Gasteiger partial charge is 0.200 e. The largest absolute Gasteiger partial charge is 0.206 e. The van der Waals surface area contributed by atoms with Crippen LogP contribution in [0.15, 0.2) is 54.6 Å². The summed E-state index contributed by atoms with van der Waals surface area (Å²) in [5.41, 5.74) is 0.725. The van der Waals surface area contributed by atoms with Crippen LogP contribution in [0.1, 0.15) is 33.4 Å². The average Bonchev–Trinajstić information content (AvgIpc) is 2.94. The van der Waals surface area contributed by atoms with Crippen molar-refractivity contribution < 1.29 is 39.5 Å². The molecule has 0 heterocycles. The van der Waals surface area contributed by atoms with E-state index in [4.69, 9.17) is 0 Å². The van der Waals surface area contributed by atoms with Gasteiger partial charge in [0.2, 0.25) is 5.82 Å². The molecule has 0 aliphatic carbocycles. The summed E-state index contributed by atoms with van der Waals surface area (Å²) < 4.78 is 121. The Kier molecular flexibility index (Phi) is 8.09. The van der Waals surface area contributed by atoms with E-state index < -0.39 is 63.5 Å². The second kappa shape index (κ2) is 11.5. The molecule has 39 heavy (non-hydrogen) atoms. The maximum absolute atomic E-state index is 13.8. The monoisotopic (exact) mass is 546 g/mol. The lowest BCUT2D eigenvalue weighted by atomic mass is 10.1. The number of hydrogen-bond acceptors (Lipinski definition) is 0. The maximum Gasteiger partial charge on any atom is 0.200 e. The van der Waals surface area contributed by atoms with Crippen molar-refractivity contribution in [2.24, 2.45) is 0 Å². The molecule has 0 aliphatic heterocycles. The van der Waals surface area contributed by atoms with Crippen LogP contribution in [0.4, 0.5) is 39.5 Å². The minimum atomic E-state index is -2.23. The van der Waals surface area contributed by atoms with E-state index in [0.717, 1.165) is 23.3 Å². The standard InChI is InChI=1S/C30H15F9/c31-22-15-23(32)27(36)24(33)20(22)13-11-18-7-3-16(4-8-18)1-2-17-5-9-19(10-6-17)12-14-21-25(34)28(37)30(39)29(38)26(21)35/h1-15H/b2-1+,13-11+,14-12+. The zero-order valence-corrected chi connectivity index (χ0v) is 19.6. The first-order valence-corrected chi connectivity index (χ1v) is 11.2. The number of benzene rings is 4. The van der Waals surface area contributed by atoms with Gasteiger partial charge in [0.1, 0.15) is 5.82 Å². The summed E-state index contributed by atoms with van der Waals surface area (Å²) in [5.74, 6) is -16.4. The van der Waals surface area contributed by atoms with Crippen molar-refractivity contribution in [3.05, 3.63) is 140 Å². The highest BCUT2D eigenvalue weighted by atomic mass is 19.2. The molecule has 4 aromatic carbocycles. The molecular formula is C30H15F9. The lowest BCUT2D eigenvalue weighted by Gasteiger charge is -2.04. The molecule has 0 spiro atoms. The van der Waals surface area contributed by atoms with E-state index >= 15 is 0 Å². The van der Waals surface area contributed by atoms with Crippen molar-refractivity contribution in [1.82, 2.24) is 0 Å². The molecular weight excluding hydrogens is 531 g/mol. The van der Waals surface area contributed by atoms with Crippen LogP contribution in [0.5, 0.6) is 0 Å². The molecule has 0 N–H and O–H groups in total. The van der Waals surface area contributed by atoms with Crippen LogP contribution in [0.25, 0.3) is 36.5 Å². The van der Waals surface area contributed by atoms with Gasteiger partial charge in [-0.05, 0) is 34.4 Å². The third-order valence-electron chi connectivity index (χ3n) is 5.62. The number of halogens is 9. The molecule has 0 aromatic heterocycles. The van der Waals surface area contributed by atoms with E-state index in [1.807, 2.05) is 0 Å². The van der Waals surface area contributed by atoms with Gasteiger partial charge >= 0.3 is 0 Å². The van der Waals surface area contributed by atoms with Crippen molar-refractivity contribution in [3.8, 4) is 0 Å². The Morgan fingerprint density at radius 2 is 0.615 bits per heavy atom. The van der Waals surface area contributed by atoms with Gasteiger partial charge in [0.15, 0.2) is 40.7 Å². The minimum absolute atomic E-state index is 0.266. The first kappa shape index (κ1) is 27.5. The molecule has 0 unspecified atom stereocenters. The molecule has 198 valence electrons. The van der Waals surface area contributed by atoms with Crippen LogP contribution in [-0.2, 0) is 0 Å². The van der Waals surface area contributed by atoms with Crippen LogP contribution < -0.4 is 0 Å². The molecule has 0 atom stereocenters. The summed E-state index contributed by atoms with van der Waals surface area (Å²) >= 11 is 0. The van der Waals surface area contributed by atoms with Crippen molar-refractivity contribution >= 4 is 36.5 Å². The molecule has 0 aliphatic rings. The molecule has 0 fully saturated rings. The van der Waals surface area contributed by atoms with Gasteiger partial charge in [-0.15, -0.1) is 0 Å². The first-order valence-electron chi connectivity index (χ1n) is 11.2. The van der Waals surface area contributed by atoms with Gasteiger partial charge < -0.3 is 0 Å². The predicted octanol–water partition coefficient (Wildman–Crippen LogP) is 9.45. The summed E-state index contributed by atoms with van der Waals surface area (Å²) in [5, 5.41) is 0. The van der Waals surface area contributed by atoms with E-state index in [2.05, 4.69) is 0 Å². The maximum atomic E-state index is 13.8. The zero-order chi connectivity index (χ0) is 28.3. The van der Waals surface area contributed by atoms with Gasteiger partial charge in [0, 0.05) is 11.6 Å². The topological polar surface area (TPSA) is 0 Å². The van der Waals surface area contributed by atoms with Crippen molar-refractivity contribution in [2.75, 3.05) is 0 Å². The second-order valence-electron chi connectivity index (χ2n) is 8.20. The fourth-order valence-corrected chi connectivity index (χ4v) is 3.49. The lowest BCUT2D eigenvalue weighted by molar-refractivity contribution is 0.377. The number of rotatable bonds is 6. The summed E-state index contributed by atoms with van der Waals surface area (Å²) in [6.07, 6.45) is 7.84. The van der Waals surface area contributed by atoms with Crippen molar-refractivity contribution in [3.63, 3.8) is 0 Å². The summed E-state index contributed by atoms with van der Waals surface area (Å²) in [7, 11) is 0. The Bertz CT molecular complexity index is 1590. The van der Waals surface area contributed by atoms with Crippen LogP contribution in [0.2, 0.25) is 0 Å². The van der Waals surface area contributed by atoms with Crippen molar-refractivity contribution in [1.29, 1.82) is 0 Å². The van der Waals surface area contributed by atoms with E-state index in [1.165, 1.54) is 12.2 Å². The molecule has 0 saturated carbocycles. The van der Waals surface area contributed by atoms with Gasteiger partial charge in [0.05, 0.1) is 5.56 Å².